The topological polar surface area (TPSA) is 66.5 Å². The first kappa shape index (κ1) is 23.9. The van der Waals surface area contributed by atoms with E-state index in [0.29, 0.717) is 5.88 Å². The van der Waals surface area contributed by atoms with Crippen LogP contribution in [0.1, 0.15) is 56.7 Å². The minimum absolute atomic E-state index is 0.0556. The quantitative estimate of drug-likeness (QED) is 0.560. The van der Waals surface area contributed by atoms with Gasteiger partial charge in [-0.2, -0.15) is 0 Å². The number of aromatic nitrogens is 1. The van der Waals surface area contributed by atoms with Crippen LogP contribution in [0, 0.1) is 6.92 Å². The molecule has 0 unspecified atom stereocenters. The van der Waals surface area contributed by atoms with Crippen molar-refractivity contribution in [2.45, 2.75) is 70.7 Å². The standard InChI is InChI=1S/C26H36N4O2S/c1-17-15-18-7-6-8-21(18)24(28-25(31)29-33-26(2,3)4)23(17)19-9-12-27-22(16-19)32-20-10-13-30(5)14-11-20/h9,12,15-16,20H,6-8,10-11,13-14H2,1-5H3,(H2,28,29,31). The van der Waals surface area contributed by atoms with Gasteiger partial charge >= 0.3 is 6.03 Å². The maximum absolute atomic E-state index is 12.8. The summed E-state index contributed by atoms with van der Waals surface area (Å²) in [5, 5.41) is 3.19. The number of hydrogen-bond donors (Lipinski definition) is 2. The molecule has 178 valence electrons. The van der Waals surface area contributed by atoms with Crippen LogP contribution in [0.25, 0.3) is 11.1 Å². The van der Waals surface area contributed by atoms with E-state index in [1.807, 2.05) is 18.3 Å². The third kappa shape index (κ3) is 6.01. The van der Waals surface area contributed by atoms with Crippen LogP contribution < -0.4 is 14.8 Å². The van der Waals surface area contributed by atoms with Gasteiger partial charge in [-0.25, -0.2) is 9.78 Å². The molecule has 1 aromatic heterocycles. The van der Waals surface area contributed by atoms with Crippen molar-refractivity contribution < 1.29 is 9.53 Å². The average molecular weight is 469 g/mol. The third-order valence-corrected chi connectivity index (χ3v) is 7.16. The van der Waals surface area contributed by atoms with Crippen LogP contribution in [0.5, 0.6) is 5.88 Å². The van der Waals surface area contributed by atoms with E-state index in [1.54, 1.807) is 0 Å². The van der Waals surface area contributed by atoms with Gasteiger partial charge in [0.05, 0.1) is 5.69 Å². The largest absolute Gasteiger partial charge is 0.474 e. The Morgan fingerprint density at radius 2 is 1.97 bits per heavy atom. The van der Waals surface area contributed by atoms with Crippen molar-refractivity contribution in [2.24, 2.45) is 0 Å². The zero-order valence-corrected chi connectivity index (χ0v) is 21.3. The molecular weight excluding hydrogens is 432 g/mol. The summed E-state index contributed by atoms with van der Waals surface area (Å²) in [5.74, 6) is 0.653. The van der Waals surface area contributed by atoms with Crippen LogP contribution in [0.4, 0.5) is 10.5 Å². The molecule has 1 aromatic carbocycles. The number of pyridine rings is 1. The van der Waals surface area contributed by atoms with Crippen LogP contribution in [-0.2, 0) is 12.8 Å². The fraction of sp³-hybridized carbons (Fsp3) is 0.538. The van der Waals surface area contributed by atoms with E-state index in [9.17, 15) is 4.79 Å². The number of benzene rings is 1. The zero-order chi connectivity index (χ0) is 23.6. The van der Waals surface area contributed by atoms with Gasteiger partial charge in [-0.1, -0.05) is 6.07 Å². The van der Waals surface area contributed by atoms with Crippen LogP contribution in [0.15, 0.2) is 24.4 Å². The number of nitrogens with zero attached hydrogens (tertiary/aromatic N) is 2. The number of ether oxygens (including phenoxy) is 1. The number of likely N-dealkylation sites (tertiary alicyclic amines) is 1. The highest BCUT2D eigenvalue weighted by Crippen LogP contribution is 2.41. The molecule has 1 fully saturated rings. The zero-order valence-electron chi connectivity index (χ0n) is 20.5. The number of piperidine rings is 1. The van der Waals surface area contributed by atoms with Crippen LogP contribution in [-0.4, -0.2) is 46.9 Å². The molecule has 0 spiro atoms. The normalized spacial score (nSPS) is 17.0. The van der Waals surface area contributed by atoms with Gasteiger partial charge in [0.1, 0.15) is 6.10 Å². The number of urea groups is 1. The fourth-order valence-electron chi connectivity index (χ4n) is 4.64. The summed E-state index contributed by atoms with van der Waals surface area (Å²) in [6.45, 7) is 10.5. The number of nitrogens with one attached hydrogen (secondary N) is 2. The molecule has 6 nitrogen and oxygen atoms in total. The number of hydrogen-bond acceptors (Lipinski definition) is 5. The van der Waals surface area contributed by atoms with Crippen LogP contribution >= 0.6 is 11.9 Å². The van der Waals surface area contributed by atoms with Gasteiger partial charge in [0.15, 0.2) is 0 Å². The third-order valence-electron chi connectivity index (χ3n) is 6.26. The molecule has 0 saturated carbocycles. The predicted octanol–water partition coefficient (Wildman–Crippen LogP) is 5.59. The second-order valence-electron chi connectivity index (χ2n) is 10.2. The molecule has 2 N–H and O–H groups in total. The lowest BCUT2D eigenvalue weighted by molar-refractivity contribution is 0.110. The van der Waals surface area contributed by atoms with Crippen molar-refractivity contribution in [1.82, 2.24) is 14.6 Å². The molecule has 0 bridgehead atoms. The van der Waals surface area contributed by atoms with Crippen molar-refractivity contribution in [3.8, 4) is 17.0 Å². The molecule has 1 aliphatic heterocycles. The molecule has 0 radical (unpaired) electrons. The molecule has 2 amide bonds. The fourth-order valence-corrected chi connectivity index (χ4v) is 5.09. The van der Waals surface area contributed by atoms with Crippen LogP contribution in [0.2, 0.25) is 0 Å². The van der Waals surface area contributed by atoms with E-state index in [4.69, 9.17) is 4.74 Å². The van der Waals surface area contributed by atoms with Gasteiger partial charge < -0.3 is 15.0 Å². The number of carbonyl (C=O) groups excluding carboxylic acids is 1. The Bertz CT molecular complexity index is 1010. The summed E-state index contributed by atoms with van der Waals surface area (Å²) < 4.78 is 9.15. The van der Waals surface area contributed by atoms with E-state index >= 15 is 0 Å². The molecule has 2 aromatic rings. The molecule has 7 heteroatoms. The molecule has 33 heavy (non-hydrogen) atoms. The van der Waals surface area contributed by atoms with E-state index in [0.717, 1.165) is 67.6 Å². The summed E-state index contributed by atoms with van der Waals surface area (Å²) in [7, 11) is 2.15. The molecule has 1 aliphatic carbocycles. The first-order valence-electron chi connectivity index (χ1n) is 11.9. The van der Waals surface area contributed by atoms with Crippen LogP contribution in [0.3, 0.4) is 0 Å². The Hall–Kier alpha value is -2.25. The Morgan fingerprint density at radius 3 is 2.70 bits per heavy atom. The molecule has 2 heterocycles. The van der Waals surface area contributed by atoms with Gasteiger partial charge in [0.2, 0.25) is 5.88 Å². The first-order chi connectivity index (χ1) is 15.7. The second kappa shape index (κ2) is 9.94. The predicted molar refractivity (Wildman–Crippen MR) is 137 cm³/mol. The lowest BCUT2D eigenvalue weighted by Gasteiger charge is -2.29. The summed E-state index contributed by atoms with van der Waals surface area (Å²) in [6.07, 6.45) is 7.19. The van der Waals surface area contributed by atoms with E-state index in [-0.39, 0.29) is 16.9 Å². The Labute approximate surface area is 202 Å². The minimum atomic E-state index is -0.187. The van der Waals surface area contributed by atoms with Crippen molar-refractivity contribution in [3.63, 3.8) is 0 Å². The maximum atomic E-state index is 12.8. The van der Waals surface area contributed by atoms with Crippen molar-refractivity contribution >= 4 is 23.7 Å². The highest BCUT2D eigenvalue weighted by atomic mass is 32.2. The summed E-state index contributed by atoms with van der Waals surface area (Å²) in [4.78, 5) is 19.6. The lowest BCUT2D eigenvalue weighted by atomic mass is 9.93. The Balaban J connectivity index is 1.63. The molecule has 1 saturated heterocycles. The Kier molecular flexibility index (Phi) is 7.19. The maximum Gasteiger partial charge on any atom is 0.329 e. The molecule has 4 rings (SSSR count). The SMILES string of the molecule is Cc1cc2c(c(NC(=O)NSC(C)(C)C)c1-c1ccnc(OC3CCN(C)CC3)c1)CCC2. The average Bonchev–Trinajstić information content (AvgIpc) is 3.22. The van der Waals surface area contributed by atoms with E-state index in [1.165, 1.54) is 23.1 Å². The van der Waals surface area contributed by atoms with E-state index < -0.39 is 0 Å². The van der Waals surface area contributed by atoms with Crippen molar-refractivity contribution in [2.75, 3.05) is 25.5 Å². The van der Waals surface area contributed by atoms with E-state index in [2.05, 4.69) is 60.7 Å². The van der Waals surface area contributed by atoms with Gasteiger partial charge in [-0.3, -0.25) is 4.72 Å². The summed E-state index contributed by atoms with van der Waals surface area (Å²) in [5.41, 5.74) is 6.76. The number of aryl methyl sites for hydroxylation is 2. The lowest BCUT2D eigenvalue weighted by Crippen LogP contribution is -2.35. The van der Waals surface area contributed by atoms with Gasteiger partial charge in [0.25, 0.3) is 0 Å². The second-order valence-corrected chi connectivity index (χ2v) is 11.8. The van der Waals surface area contributed by atoms with Crippen molar-refractivity contribution in [3.05, 3.63) is 41.1 Å². The highest BCUT2D eigenvalue weighted by Gasteiger charge is 2.24. The summed E-state index contributed by atoms with van der Waals surface area (Å²) in [6, 6.07) is 6.13. The first-order valence-corrected chi connectivity index (χ1v) is 12.7. The number of carbonyl (C=O) groups is 1. The molecule has 2 aliphatic rings. The molecular formula is C26H36N4O2S. The van der Waals surface area contributed by atoms with Gasteiger partial charge in [0, 0.05) is 35.7 Å². The highest BCUT2D eigenvalue weighted by molar-refractivity contribution is 7.99. The monoisotopic (exact) mass is 468 g/mol. The van der Waals surface area contributed by atoms with Crippen molar-refractivity contribution in [1.29, 1.82) is 0 Å². The molecule has 0 atom stereocenters. The Morgan fingerprint density at radius 1 is 1.21 bits per heavy atom. The number of fused-ring (bicyclic) bond motifs is 1. The minimum Gasteiger partial charge on any atom is -0.474 e. The van der Waals surface area contributed by atoms with Gasteiger partial charge in [-0.15, -0.1) is 0 Å². The van der Waals surface area contributed by atoms with Gasteiger partial charge in [-0.05, 0) is 107 Å². The number of amides is 2. The number of anilines is 1. The number of rotatable bonds is 5. The smallest absolute Gasteiger partial charge is 0.329 e. The summed E-state index contributed by atoms with van der Waals surface area (Å²) >= 11 is 1.43.